The highest BCUT2D eigenvalue weighted by atomic mass is 16.5. The number of hydrogen-bond donors (Lipinski definition) is 1. The molecular weight excluding hydrogens is 162 g/mol. The fraction of sp³-hybridized carbons (Fsp3) is 0.455. The summed E-state index contributed by atoms with van der Waals surface area (Å²) in [4.78, 5) is 0. The minimum Gasteiger partial charge on any atom is -0.488 e. The molecule has 0 aliphatic carbocycles. The summed E-state index contributed by atoms with van der Waals surface area (Å²) in [6.07, 6.45) is 1.45. The van der Waals surface area contributed by atoms with Crippen LogP contribution in [0.3, 0.4) is 0 Å². The summed E-state index contributed by atoms with van der Waals surface area (Å²) in [5, 5.41) is 3.19. The van der Waals surface area contributed by atoms with Gasteiger partial charge in [0.05, 0.1) is 0 Å². The van der Waals surface area contributed by atoms with E-state index in [4.69, 9.17) is 4.74 Å². The Bertz CT molecular complexity index is 281. The summed E-state index contributed by atoms with van der Waals surface area (Å²) < 4.78 is 5.73. The van der Waals surface area contributed by atoms with Crippen molar-refractivity contribution in [1.29, 1.82) is 0 Å². The van der Waals surface area contributed by atoms with E-state index < -0.39 is 0 Å². The second kappa shape index (κ2) is 3.79. The highest BCUT2D eigenvalue weighted by Gasteiger charge is 2.17. The van der Waals surface area contributed by atoms with Gasteiger partial charge in [-0.15, -0.1) is 0 Å². The molecule has 0 aromatic heterocycles. The second-order valence-corrected chi connectivity index (χ2v) is 3.40. The lowest BCUT2D eigenvalue weighted by Gasteiger charge is -2.27. The van der Waals surface area contributed by atoms with Crippen molar-refractivity contribution in [2.75, 3.05) is 13.1 Å². The van der Waals surface area contributed by atoms with Crippen molar-refractivity contribution in [2.24, 2.45) is 0 Å². The third-order valence-electron chi connectivity index (χ3n) is 2.35. The number of hydrogen-bond acceptors (Lipinski definition) is 2. The van der Waals surface area contributed by atoms with Crippen LogP contribution in [0, 0.1) is 0 Å². The van der Waals surface area contributed by atoms with E-state index >= 15 is 0 Å². The number of aryl methyl sites for hydroxylation is 1. The third-order valence-corrected chi connectivity index (χ3v) is 2.35. The molecule has 2 heteroatoms. The summed E-state index contributed by atoms with van der Waals surface area (Å²) in [5.74, 6) is 1.01. The predicted octanol–water partition coefficient (Wildman–Crippen LogP) is 1.60. The summed E-state index contributed by atoms with van der Waals surface area (Å²) in [6, 6.07) is 8.34. The average molecular weight is 177 g/mol. The molecule has 13 heavy (non-hydrogen) atoms. The van der Waals surface area contributed by atoms with Gasteiger partial charge in [0.15, 0.2) is 0 Å². The summed E-state index contributed by atoms with van der Waals surface area (Å²) in [7, 11) is 0. The van der Waals surface area contributed by atoms with Crippen LogP contribution >= 0.6 is 0 Å². The smallest absolute Gasteiger partial charge is 0.123 e. The van der Waals surface area contributed by atoms with Crippen molar-refractivity contribution in [3.63, 3.8) is 0 Å². The van der Waals surface area contributed by atoms with Crippen molar-refractivity contribution in [1.82, 2.24) is 5.32 Å². The molecule has 0 radical (unpaired) electrons. The highest BCUT2D eigenvalue weighted by molar-refractivity contribution is 5.28. The molecule has 0 spiro atoms. The Kier molecular flexibility index (Phi) is 2.50. The Hall–Kier alpha value is -1.02. The minimum absolute atomic E-state index is 0.382. The van der Waals surface area contributed by atoms with E-state index in [1.165, 1.54) is 5.56 Å². The zero-order chi connectivity index (χ0) is 9.10. The number of ether oxygens (including phenoxy) is 1. The molecule has 2 nitrogen and oxygen atoms in total. The first-order chi connectivity index (χ1) is 6.38. The Labute approximate surface area is 78.9 Å². The molecule has 1 heterocycles. The lowest BCUT2D eigenvalue weighted by Crippen LogP contribution is -2.50. The molecule has 1 aromatic carbocycles. The fourth-order valence-corrected chi connectivity index (χ4v) is 1.38. The zero-order valence-electron chi connectivity index (χ0n) is 7.92. The Balaban J connectivity index is 2.01. The molecule has 1 aliphatic heterocycles. The number of nitrogens with one attached hydrogen (secondary N) is 1. The highest BCUT2D eigenvalue weighted by Crippen LogP contribution is 2.16. The molecule has 1 N–H and O–H groups in total. The second-order valence-electron chi connectivity index (χ2n) is 3.40. The van der Waals surface area contributed by atoms with E-state index in [-0.39, 0.29) is 0 Å². The van der Waals surface area contributed by atoms with Gasteiger partial charge in [0, 0.05) is 13.1 Å². The lowest BCUT2D eigenvalue weighted by molar-refractivity contribution is 0.142. The quantitative estimate of drug-likeness (QED) is 0.757. The van der Waals surface area contributed by atoms with E-state index in [0.29, 0.717) is 6.10 Å². The van der Waals surface area contributed by atoms with Crippen LogP contribution in [0.25, 0.3) is 0 Å². The maximum atomic E-state index is 5.73. The Morgan fingerprint density at radius 3 is 2.92 bits per heavy atom. The van der Waals surface area contributed by atoms with Crippen molar-refractivity contribution in [3.05, 3.63) is 29.8 Å². The van der Waals surface area contributed by atoms with E-state index in [9.17, 15) is 0 Å². The van der Waals surface area contributed by atoms with E-state index in [0.717, 1.165) is 25.3 Å². The minimum atomic E-state index is 0.382. The molecule has 1 saturated heterocycles. The van der Waals surface area contributed by atoms with Crippen LogP contribution in [-0.4, -0.2) is 19.2 Å². The Morgan fingerprint density at radius 1 is 1.46 bits per heavy atom. The zero-order valence-corrected chi connectivity index (χ0v) is 7.92. The van der Waals surface area contributed by atoms with Gasteiger partial charge in [0.2, 0.25) is 0 Å². The molecular formula is C11H15NO. The first-order valence-corrected chi connectivity index (χ1v) is 4.85. The van der Waals surface area contributed by atoms with Crippen LogP contribution in [0.4, 0.5) is 0 Å². The predicted molar refractivity (Wildman–Crippen MR) is 53.1 cm³/mol. The standard InChI is InChI=1S/C11H15NO/c1-2-9-4-3-5-10(6-9)13-11-7-12-8-11/h3-6,11-12H,2,7-8H2,1H3. The van der Waals surface area contributed by atoms with Crippen molar-refractivity contribution in [3.8, 4) is 5.75 Å². The van der Waals surface area contributed by atoms with E-state index in [1.807, 2.05) is 6.07 Å². The molecule has 0 unspecified atom stereocenters. The third kappa shape index (κ3) is 2.01. The van der Waals surface area contributed by atoms with Crippen LogP contribution in [0.15, 0.2) is 24.3 Å². The van der Waals surface area contributed by atoms with Crippen LogP contribution in [0.5, 0.6) is 5.75 Å². The lowest BCUT2D eigenvalue weighted by atomic mass is 10.1. The summed E-state index contributed by atoms with van der Waals surface area (Å²) >= 11 is 0. The van der Waals surface area contributed by atoms with Gasteiger partial charge >= 0.3 is 0 Å². The Morgan fingerprint density at radius 2 is 2.31 bits per heavy atom. The van der Waals surface area contributed by atoms with E-state index in [1.54, 1.807) is 0 Å². The fourth-order valence-electron chi connectivity index (χ4n) is 1.38. The number of benzene rings is 1. The first-order valence-electron chi connectivity index (χ1n) is 4.85. The average Bonchev–Trinajstić information content (AvgIpc) is 2.12. The van der Waals surface area contributed by atoms with Gasteiger partial charge in [-0.1, -0.05) is 19.1 Å². The van der Waals surface area contributed by atoms with Crippen molar-refractivity contribution in [2.45, 2.75) is 19.4 Å². The maximum absolute atomic E-state index is 5.73. The molecule has 1 aliphatic rings. The molecule has 0 atom stereocenters. The summed E-state index contributed by atoms with van der Waals surface area (Å²) in [5.41, 5.74) is 1.34. The van der Waals surface area contributed by atoms with Crippen LogP contribution in [0.2, 0.25) is 0 Å². The van der Waals surface area contributed by atoms with Crippen LogP contribution < -0.4 is 10.1 Å². The topological polar surface area (TPSA) is 21.3 Å². The maximum Gasteiger partial charge on any atom is 0.123 e. The van der Waals surface area contributed by atoms with Gasteiger partial charge in [-0.3, -0.25) is 0 Å². The molecule has 2 rings (SSSR count). The molecule has 1 fully saturated rings. The van der Waals surface area contributed by atoms with Crippen molar-refractivity contribution < 1.29 is 4.74 Å². The van der Waals surface area contributed by atoms with Gasteiger partial charge in [-0.25, -0.2) is 0 Å². The molecule has 0 bridgehead atoms. The molecule has 70 valence electrons. The van der Waals surface area contributed by atoms with Crippen molar-refractivity contribution >= 4 is 0 Å². The summed E-state index contributed by atoms with van der Waals surface area (Å²) in [6.45, 7) is 4.12. The molecule has 0 amide bonds. The number of rotatable bonds is 3. The first kappa shape index (κ1) is 8.57. The van der Waals surface area contributed by atoms with Gasteiger partial charge in [0.1, 0.15) is 11.9 Å². The normalized spacial score (nSPS) is 16.7. The van der Waals surface area contributed by atoms with Gasteiger partial charge < -0.3 is 10.1 Å². The van der Waals surface area contributed by atoms with E-state index in [2.05, 4.69) is 30.4 Å². The van der Waals surface area contributed by atoms with Gasteiger partial charge in [-0.05, 0) is 24.1 Å². The van der Waals surface area contributed by atoms with Crippen LogP contribution in [-0.2, 0) is 6.42 Å². The van der Waals surface area contributed by atoms with Gasteiger partial charge in [0.25, 0.3) is 0 Å². The molecule has 0 saturated carbocycles. The SMILES string of the molecule is CCc1cccc(OC2CNC2)c1. The molecule has 1 aromatic rings. The monoisotopic (exact) mass is 177 g/mol. The largest absolute Gasteiger partial charge is 0.488 e. The van der Waals surface area contributed by atoms with Crippen LogP contribution in [0.1, 0.15) is 12.5 Å². The van der Waals surface area contributed by atoms with Gasteiger partial charge in [-0.2, -0.15) is 0 Å².